The number of hydrogen-bond acceptors (Lipinski definition) is 2. The third kappa shape index (κ3) is 1.40. The van der Waals surface area contributed by atoms with Crippen molar-refractivity contribution < 1.29 is 4.79 Å². The van der Waals surface area contributed by atoms with Gasteiger partial charge in [0.2, 0.25) is 5.91 Å². The van der Waals surface area contributed by atoms with Gasteiger partial charge in [0.15, 0.2) is 0 Å². The molecule has 1 amide bonds. The monoisotopic (exact) mass is 190 g/mol. The van der Waals surface area contributed by atoms with Crippen LogP contribution in [0, 0.1) is 6.92 Å². The second-order valence-corrected chi connectivity index (χ2v) is 3.71. The SMILES string of the molecule is Cc1ccc2c(c1)[C@H](CCN)C(=O)N2. The molecule has 3 N–H and O–H groups in total. The van der Waals surface area contributed by atoms with E-state index in [-0.39, 0.29) is 11.8 Å². The Bertz CT molecular complexity index is 374. The van der Waals surface area contributed by atoms with E-state index in [0.29, 0.717) is 6.54 Å². The van der Waals surface area contributed by atoms with Crippen LogP contribution in [0.3, 0.4) is 0 Å². The molecule has 0 fully saturated rings. The van der Waals surface area contributed by atoms with Gasteiger partial charge in [0, 0.05) is 5.69 Å². The summed E-state index contributed by atoms with van der Waals surface area (Å²) in [6.07, 6.45) is 0.724. The van der Waals surface area contributed by atoms with E-state index in [4.69, 9.17) is 5.73 Å². The summed E-state index contributed by atoms with van der Waals surface area (Å²) in [7, 11) is 0. The summed E-state index contributed by atoms with van der Waals surface area (Å²) in [5.41, 5.74) is 8.71. The van der Waals surface area contributed by atoms with Crippen molar-refractivity contribution in [3.63, 3.8) is 0 Å². The smallest absolute Gasteiger partial charge is 0.232 e. The van der Waals surface area contributed by atoms with Gasteiger partial charge in [0.1, 0.15) is 0 Å². The van der Waals surface area contributed by atoms with Crippen LogP contribution >= 0.6 is 0 Å². The largest absolute Gasteiger partial charge is 0.330 e. The topological polar surface area (TPSA) is 55.1 Å². The zero-order chi connectivity index (χ0) is 10.1. The molecule has 0 saturated carbocycles. The van der Waals surface area contributed by atoms with Crippen molar-refractivity contribution in [2.75, 3.05) is 11.9 Å². The van der Waals surface area contributed by atoms with Crippen molar-refractivity contribution in [1.29, 1.82) is 0 Å². The minimum atomic E-state index is -0.0464. The number of aryl methyl sites for hydroxylation is 1. The van der Waals surface area contributed by atoms with Gasteiger partial charge in [0.25, 0.3) is 0 Å². The van der Waals surface area contributed by atoms with E-state index < -0.39 is 0 Å². The highest BCUT2D eigenvalue weighted by molar-refractivity contribution is 6.02. The van der Waals surface area contributed by atoms with E-state index in [2.05, 4.69) is 11.4 Å². The summed E-state index contributed by atoms with van der Waals surface area (Å²) in [6.45, 7) is 2.58. The number of benzene rings is 1. The van der Waals surface area contributed by atoms with Gasteiger partial charge in [0.05, 0.1) is 5.92 Å². The molecule has 0 bridgehead atoms. The molecule has 0 spiro atoms. The van der Waals surface area contributed by atoms with Gasteiger partial charge in [-0.05, 0) is 31.5 Å². The number of nitrogens with one attached hydrogen (secondary N) is 1. The van der Waals surface area contributed by atoms with Crippen LogP contribution in [-0.4, -0.2) is 12.5 Å². The molecule has 74 valence electrons. The average molecular weight is 190 g/mol. The fourth-order valence-corrected chi connectivity index (χ4v) is 1.90. The Morgan fingerprint density at radius 1 is 1.50 bits per heavy atom. The van der Waals surface area contributed by atoms with E-state index in [1.165, 1.54) is 5.56 Å². The summed E-state index contributed by atoms with van der Waals surface area (Å²) in [5.74, 6) is 0.0333. The number of hydrogen-bond donors (Lipinski definition) is 2. The summed E-state index contributed by atoms with van der Waals surface area (Å²) in [4.78, 5) is 11.6. The lowest BCUT2D eigenvalue weighted by Crippen LogP contribution is -2.15. The predicted octanol–water partition coefficient (Wildman–Crippen LogP) is 1.38. The first-order valence-corrected chi connectivity index (χ1v) is 4.84. The van der Waals surface area contributed by atoms with Crippen molar-refractivity contribution in [3.8, 4) is 0 Å². The Kier molecular flexibility index (Phi) is 2.25. The first kappa shape index (κ1) is 9.21. The highest BCUT2D eigenvalue weighted by atomic mass is 16.2. The molecule has 1 aromatic carbocycles. The van der Waals surface area contributed by atoms with E-state index in [9.17, 15) is 4.79 Å². The number of amides is 1. The highest BCUT2D eigenvalue weighted by Crippen LogP contribution is 2.34. The normalized spacial score (nSPS) is 19.3. The van der Waals surface area contributed by atoms with Crippen LogP contribution < -0.4 is 11.1 Å². The van der Waals surface area contributed by atoms with E-state index >= 15 is 0 Å². The minimum absolute atomic E-state index is 0.0464. The highest BCUT2D eigenvalue weighted by Gasteiger charge is 2.29. The molecule has 0 radical (unpaired) electrons. The minimum Gasteiger partial charge on any atom is -0.330 e. The third-order valence-corrected chi connectivity index (χ3v) is 2.61. The maximum Gasteiger partial charge on any atom is 0.232 e. The van der Waals surface area contributed by atoms with Crippen molar-refractivity contribution >= 4 is 11.6 Å². The number of carbonyl (C=O) groups is 1. The standard InChI is InChI=1S/C11H14N2O/c1-7-2-3-10-9(6-7)8(4-5-12)11(14)13-10/h2-3,6,8H,4-5,12H2,1H3,(H,13,14)/t8-/m0/s1. The Hall–Kier alpha value is -1.35. The van der Waals surface area contributed by atoms with Gasteiger partial charge in [-0.25, -0.2) is 0 Å². The Morgan fingerprint density at radius 3 is 3.00 bits per heavy atom. The van der Waals surface area contributed by atoms with E-state index in [1.807, 2.05) is 19.1 Å². The number of fused-ring (bicyclic) bond motifs is 1. The zero-order valence-electron chi connectivity index (χ0n) is 8.21. The fourth-order valence-electron chi connectivity index (χ4n) is 1.90. The van der Waals surface area contributed by atoms with E-state index in [0.717, 1.165) is 17.7 Å². The summed E-state index contributed by atoms with van der Waals surface area (Å²) >= 11 is 0. The Balaban J connectivity index is 2.39. The molecular weight excluding hydrogens is 176 g/mol. The van der Waals surface area contributed by atoms with Crippen molar-refractivity contribution in [1.82, 2.24) is 0 Å². The van der Waals surface area contributed by atoms with Crippen LogP contribution in [0.1, 0.15) is 23.5 Å². The fraction of sp³-hybridized carbons (Fsp3) is 0.364. The second kappa shape index (κ2) is 3.42. The van der Waals surface area contributed by atoms with Gasteiger partial charge in [-0.3, -0.25) is 4.79 Å². The first-order valence-electron chi connectivity index (χ1n) is 4.84. The van der Waals surface area contributed by atoms with Crippen LogP contribution in [0.5, 0.6) is 0 Å². The second-order valence-electron chi connectivity index (χ2n) is 3.71. The molecule has 0 aliphatic carbocycles. The lowest BCUT2D eigenvalue weighted by atomic mass is 9.96. The number of anilines is 1. The third-order valence-electron chi connectivity index (χ3n) is 2.61. The average Bonchev–Trinajstić information content (AvgIpc) is 2.45. The first-order chi connectivity index (χ1) is 6.72. The summed E-state index contributed by atoms with van der Waals surface area (Å²) < 4.78 is 0. The Morgan fingerprint density at radius 2 is 2.29 bits per heavy atom. The van der Waals surface area contributed by atoms with Crippen LogP contribution in [0.4, 0.5) is 5.69 Å². The summed E-state index contributed by atoms with van der Waals surface area (Å²) in [6, 6.07) is 6.02. The molecule has 3 heteroatoms. The number of rotatable bonds is 2. The van der Waals surface area contributed by atoms with Crippen LogP contribution in [-0.2, 0) is 4.79 Å². The predicted molar refractivity (Wildman–Crippen MR) is 56.2 cm³/mol. The molecular formula is C11H14N2O. The molecule has 0 saturated heterocycles. The van der Waals surface area contributed by atoms with E-state index in [1.54, 1.807) is 0 Å². The van der Waals surface area contributed by atoms with Gasteiger partial charge < -0.3 is 11.1 Å². The maximum absolute atomic E-state index is 11.6. The lowest BCUT2D eigenvalue weighted by Gasteiger charge is -2.06. The lowest BCUT2D eigenvalue weighted by molar-refractivity contribution is -0.117. The van der Waals surface area contributed by atoms with Crippen molar-refractivity contribution in [2.24, 2.45) is 5.73 Å². The molecule has 1 atom stereocenters. The molecule has 1 aliphatic rings. The van der Waals surface area contributed by atoms with Crippen molar-refractivity contribution in [2.45, 2.75) is 19.3 Å². The quantitative estimate of drug-likeness (QED) is 0.740. The van der Waals surface area contributed by atoms with Crippen LogP contribution in [0.25, 0.3) is 0 Å². The van der Waals surface area contributed by atoms with Crippen LogP contribution in [0.15, 0.2) is 18.2 Å². The van der Waals surface area contributed by atoms with Gasteiger partial charge in [-0.1, -0.05) is 17.7 Å². The van der Waals surface area contributed by atoms with Crippen LogP contribution in [0.2, 0.25) is 0 Å². The molecule has 1 aliphatic heterocycles. The molecule has 1 aromatic rings. The molecule has 0 unspecified atom stereocenters. The molecule has 14 heavy (non-hydrogen) atoms. The zero-order valence-corrected chi connectivity index (χ0v) is 8.21. The van der Waals surface area contributed by atoms with Gasteiger partial charge in [-0.2, -0.15) is 0 Å². The molecule has 2 rings (SSSR count). The van der Waals surface area contributed by atoms with Gasteiger partial charge in [-0.15, -0.1) is 0 Å². The number of nitrogens with two attached hydrogens (primary N) is 1. The summed E-state index contributed by atoms with van der Waals surface area (Å²) in [5, 5.41) is 2.86. The molecule has 0 aromatic heterocycles. The molecule has 3 nitrogen and oxygen atoms in total. The maximum atomic E-state index is 11.6. The van der Waals surface area contributed by atoms with Gasteiger partial charge >= 0.3 is 0 Å². The number of carbonyl (C=O) groups excluding carboxylic acids is 1. The van der Waals surface area contributed by atoms with Crippen molar-refractivity contribution in [3.05, 3.63) is 29.3 Å². The Labute approximate surface area is 83.3 Å². The molecule has 1 heterocycles.